The number of sulfonamides is 1. The molecule has 3 aromatic carbocycles. The average molecular weight is 507 g/mol. The Balaban J connectivity index is 1.83. The largest absolute Gasteiger partial charge is 0.348 e. The highest BCUT2D eigenvalue weighted by Gasteiger charge is 2.28. The Morgan fingerprint density at radius 1 is 1.06 bits per heavy atom. The van der Waals surface area contributed by atoms with E-state index in [0.717, 1.165) is 14.8 Å². The second kappa shape index (κ2) is 11.2. The Labute approximate surface area is 203 Å². The van der Waals surface area contributed by atoms with Crippen LogP contribution in [0.1, 0.15) is 24.1 Å². The molecule has 0 aliphatic rings. The molecular formula is C24H24ClFN2O3S2. The van der Waals surface area contributed by atoms with E-state index in [1.54, 1.807) is 17.8 Å². The van der Waals surface area contributed by atoms with E-state index < -0.39 is 28.3 Å². The molecule has 0 aromatic heterocycles. The summed E-state index contributed by atoms with van der Waals surface area (Å²) in [4.78, 5) is 13.9. The van der Waals surface area contributed by atoms with Crippen LogP contribution in [0.2, 0.25) is 5.02 Å². The third-order valence-electron chi connectivity index (χ3n) is 5.07. The summed E-state index contributed by atoms with van der Waals surface area (Å²) >= 11 is 7.50. The lowest BCUT2D eigenvalue weighted by atomic mass is 10.1. The molecule has 1 N–H and O–H groups in total. The van der Waals surface area contributed by atoms with Crippen molar-refractivity contribution in [3.05, 3.63) is 94.8 Å². The molecule has 0 radical (unpaired) electrons. The van der Waals surface area contributed by atoms with Crippen molar-refractivity contribution in [2.75, 3.05) is 12.8 Å². The van der Waals surface area contributed by atoms with Crippen molar-refractivity contribution in [1.82, 2.24) is 9.62 Å². The summed E-state index contributed by atoms with van der Waals surface area (Å²) in [6.07, 6.45) is 1.98. The van der Waals surface area contributed by atoms with E-state index in [0.29, 0.717) is 5.02 Å². The van der Waals surface area contributed by atoms with Gasteiger partial charge in [0.05, 0.1) is 17.5 Å². The van der Waals surface area contributed by atoms with Crippen LogP contribution in [0.5, 0.6) is 0 Å². The van der Waals surface area contributed by atoms with Gasteiger partial charge in [0.2, 0.25) is 15.9 Å². The van der Waals surface area contributed by atoms with E-state index >= 15 is 0 Å². The summed E-state index contributed by atoms with van der Waals surface area (Å²) in [5.74, 6) is -1.04. The van der Waals surface area contributed by atoms with Crippen LogP contribution in [0.25, 0.3) is 0 Å². The lowest BCUT2D eigenvalue weighted by Gasteiger charge is -2.23. The quantitative estimate of drug-likeness (QED) is 0.401. The van der Waals surface area contributed by atoms with Crippen molar-refractivity contribution in [2.45, 2.75) is 29.3 Å². The SMILES string of the molecule is CSc1ccc([C@H](C)NC(=O)CN(Cc2ccccc2F)S(=O)(=O)c2ccc(Cl)cc2)cc1. The number of hydrogen-bond donors (Lipinski definition) is 1. The summed E-state index contributed by atoms with van der Waals surface area (Å²) in [6.45, 7) is 1.06. The second-order valence-corrected chi connectivity index (χ2v) is 10.6. The average Bonchev–Trinajstić information content (AvgIpc) is 2.80. The monoisotopic (exact) mass is 506 g/mol. The molecule has 0 aliphatic carbocycles. The van der Waals surface area contributed by atoms with Gasteiger partial charge in [0, 0.05) is 22.0 Å². The number of nitrogens with one attached hydrogen (secondary N) is 1. The maximum Gasteiger partial charge on any atom is 0.243 e. The van der Waals surface area contributed by atoms with Crippen molar-refractivity contribution >= 4 is 39.3 Å². The number of benzene rings is 3. The van der Waals surface area contributed by atoms with Crippen LogP contribution < -0.4 is 5.32 Å². The first kappa shape index (κ1) is 25.2. The topological polar surface area (TPSA) is 66.5 Å². The molecule has 0 saturated carbocycles. The predicted molar refractivity (Wildman–Crippen MR) is 130 cm³/mol. The molecular weight excluding hydrogens is 483 g/mol. The molecule has 5 nitrogen and oxygen atoms in total. The van der Waals surface area contributed by atoms with Gasteiger partial charge in [0.25, 0.3) is 0 Å². The number of carbonyl (C=O) groups is 1. The first-order valence-corrected chi connectivity index (χ1v) is 13.2. The van der Waals surface area contributed by atoms with Crippen LogP contribution in [0.4, 0.5) is 4.39 Å². The Bertz CT molecular complexity index is 1200. The standard InChI is InChI=1S/C24H24ClFN2O3S2/c1-17(18-7-11-21(32-2)12-8-18)27-24(29)16-28(15-19-5-3-4-6-23(19)26)33(30,31)22-13-9-20(25)10-14-22/h3-14,17H,15-16H2,1-2H3,(H,27,29)/t17-/m0/s1. The van der Waals surface area contributed by atoms with E-state index in [1.165, 1.54) is 42.5 Å². The van der Waals surface area contributed by atoms with Crippen LogP contribution in [0.3, 0.4) is 0 Å². The fourth-order valence-corrected chi connectivity index (χ4v) is 5.13. The Hall–Kier alpha value is -2.39. The minimum atomic E-state index is -4.09. The van der Waals surface area contributed by atoms with Gasteiger partial charge in [-0.3, -0.25) is 4.79 Å². The van der Waals surface area contributed by atoms with Crippen LogP contribution in [0.15, 0.2) is 82.6 Å². The molecule has 174 valence electrons. The minimum absolute atomic E-state index is 0.0308. The van der Waals surface area contributed by atoms with Gasteiger partial charge in [-0.15, -0.1) is 11.8 Å². The maximum atomic E-state index is 14.3. The first-order valence-electron chi connectivity index (χ1n) is 10.1. The highest BCUT2D eigenvalue weighted by atomic mass is 35.5. The smallest absolute Gasteiger partial charge is 0.243 e. The molecule has 0 heterocycles. The van der Waals surface area contributed by atoms with Crippen LogP contribution in [0, 0.1) is 5.82 Å². The fraction of sp³-hybridized carbons (Fsp3) is 0.208. The van der Waals surface area contributed by atoms with Gasteiger partial charge in [0.1, 0.15) is 5.82 Å². The number of rotatable bonds is 9. The summed E-state index contributed by atoms with van der Waals surface area (Å²) < 4.78 is 41.8. The molecule has 0 spiro atoms. The Morgan fingerprint density at radius 3 is 2.30 bits per heavy atom. The van der Waals surface area contributed by atoms with Crippen LogP contribution >= 0.6 is 23.4 Å². The van der Waals surface area contributed by atoms with E-state index in [4.69, 9.17) is 11.6 Å². The van der Waals surface area contributed by atoms with Crippen molar-refractivity contribution in [3.63, 3.8) is 0 Å². The predicted octanol–water partition coefficient (Wildman–Crippen LogP) is 5.27. The van der Waals surface area contributed by atoms with Gasteiger partial charge in [-0.1, -0.05) is 41.9 Å². The van der Waals surface area contributed by atoms with Gasteiger partial charge in [0.15, 0.2) is 0 Å². The van der Waals surface area contributed by atoms with Gasteiger partial charge < -0.3 is 5.32 Å². The molecule has 0 unspecified atom stereocenters. The number of hydrogen-bond acceptors (Lipinski definition) is 4. The molecule has 3 aromatic rings. The first-order chi connectivity index (χ1) is 15.7. The zero-order valence-corrected chi connectivity index (χ0v) is 20.6. The number of carbonyl (C=O) groups excluding carboxylic acids is 1. The highest BCUT2D eigenvalue weighted by Crippen LogP contribution is 2.22. The molecule has 0 saturated heterocycles. The van der Waals surface area contributed by atoms with Crippen molar-refractivity contribution in [1.29, 1.82) is 0 Å². The third-order valence-corrected chi connectivity index (χ3v) is 7.87. The minimum Gasteiger partial charge on any atom is -0.348 e. The van der Waals surface area contributed by atoms with E-state index in [-0.39, 0.29) is 23.0 Å². The fourth-order valence-electron chi connectivity index (χ4n) is 3.22. The summed E-state index contributed by atoms with van der Waals surface area (Å²) in [5, 5.41) is 3.21. The summed E-state index contributed by atoms with van der Waals surface area (Å²) in [5.41, 5.74) is 1.06. The van der Waals surface area contributed by atoms with E-state index in [2.05, 4.69) is 5.32 Å². The highest BCUT2D eigenvalue weighted by molar-refractivity contribution is 7.98. The van der Waals surface area contributed by atoms with Gasteiger partial charge in [-0.25, -0.2) is 12.8 Å². The zero-order chi connectivity index (χ0) is 24.0. The third kappa shape index (κ3) is 6.57. The normalized spacial score (nSPS) is 12.5. The van der Waals surface area contributed by atoms with Crippen molar-refractivity contribution in [3.8, 4) is 0 Å². The molecule has 0 bridgehead atoms. The van der Waals surface area contributed by atoms with Crippen LogP contribution in [-0.4, -0.2) is 31.4 Å². The van der Waals surface area contributed by atoms with Gasteiger partial charge in [-0.05, 0) is 61.2 Å². The maximum absolute atomic E-state index is 14.3. The van der Waals surface area contributed by atoms with Gasteiger partial charge in [-0.2, -0.15) is 4.31 Å². The Kier molecular flexibility index (Phi) is 8.53. The second-order valence-electron chi connectivity index (χ2n) is 7.38. The number of halogens is 2. The summed E-state index contributed by atoms with van der Waals surface area (Å²) in [7, 11) is -4.09. The molecule has 1 amide bonds. The molecule has 0 aliphatic heterocycles. The lowest BCUT2D eigenvalue weighted by molar-refractivity contribution is -0.122. The molecule has 0 fully saturated rings. The van der Waals surface area contributed by atoms with Crippen molar-refractivity contribution < 1.29 is 17.6 Å². The van der Waals surface area contributed by atoms with E-state index in [9.17, 15) is 17.6 Å². The molecule has 33 heavy (non-hydrogen) atoms. The zero-order valence-electron chi connectivity index (χ0n) is 18.2. The molecule has 1 atom stereocenters. The molecule has 3 rings (SSSR count). The Morgan fingerprint density at radius 2 is 1.70 bits per heavy atom. The van der Waals surface area contributed by atoms with Crippen LogP contribution in [-0.2, 0) is 21.4 Å². The lowest BCUT2D eigenvalue weighted by Crippen LogP contribution is -2.41. The summed E-state index contributed by atoms with van der Waals surface area (Å²) in [6, 6.07) is 18.9. The number of amides is 1. The van der Waals surface area contributed by atoms with Gasteiger partial charge >= 0.3 is 0 Å². The van der Waals surface area contributed by atoms with Crippen molar-refractivity contribution in [2.24, 2.45) is 0 Å². The molecule has 9 heteroatoms. The number of thioether (sulfide) groups is 1. The van der Waals surface area contributed by atoms with E-state index in [1.807, 2.05) is 37.4 Å². The number of nitrogens with zero attached hydrogens (tertiary/aromatic N) is 1.